The Balaban J connectivity index is 0.000000361. The Kier molecular flexibility index (Phi) is 14.2. The molecular formula is C45H58IrNO3-. The molecule has 2 aromatic heterocycles. The van der Waals surface area contributed by atoms with Gasteiger partial charge in [0.15, 0.2) is 5.78 Å². The van der Waals surface area contributed by atoms with Crippen LogP contribution < -0.4 is 0 Å². The molecule has 5 heteroatoms. The number of hydrogen-bond donors (Lipinski definition) is 1. The topological polar surface area (TPSA) is 63.3 Å². The number of furan rings is 1. The van der Waals surface area contributed by atoms with Gasteiger partial charge in [0, 0.05) is 60.7 Å². The molecule has 5 aromatic rings. The average molecular weight is 853 g/mol. The van der Waals surface area contributed by atoms with Crippen LogP contribution >= 0.6 is 0 Å². The third-order valence-electron chi connectivity index (χ3n) is 9.93. The molecule has 1 N–H and O–H groups in total. The van der Waals surface area contributed by atoms with Crippen LogP contribution in [0.25, 0.3) is 44.0 Å². The fraction of sp³-hybridized carbons (Fsp3) is 0.467. The second-order valence-corrected chi connectivity index (χ2v) is 15.4. The maximum Gasteiger partial charge on any atom is 0.162 e. The number of carbonyl (C=O) groups is 1. The summed E-state index contributed by atoms with van der Waals surface area (Å²) in [6, 6.07) is 17.0. The van der Waals surface area contributed by atoms with Crippen molar-refractivity contribution in [3.05, 3.63) is 88.3 Å². The van der Waals surface area contributed by atoms with Crippen molar-refractivity contribution in [1.82, 2.24) is 4.98 Å². The number of benzene rings is 3. The van der Waals surface area contributed by atoms with E-state index in [4.69, 9.17) is 9.40 Å². The predicted octanol–water partition coefficient (Wildman–Crippen LogP) is 13.1. The number of nitrogens with zero attached hydrogens (tertiary/aromatic N) is 1. The van der Waals surface area contributed by atoms with Gasteiger partial charge in [0.25, 0.3) is 0 Å². The number of carbonyl (C=O) groups excluding carboxylic acids is 1. The molecule has 0 fully saturated rings. The second kappa shape index (κ2) is 17.3. The number of aliphatic hydroxyl groups excluding tert-OH is 1. The summed E-state index contributed by atoms with van der Waals surface area (Å²) in [6.45, 7) is 26.0. The van der Waals surface area contributed by atoms with Crippen LogP contribution in [0.4, 0.5) is 0 Å². The Hall–Kier alpha value is -3.27. The van der Waals surface area contributed by atoms with Crippen LogP contribution in [0, 0.1) is 44.1 Å². The summed E-state index contributed by atoms with van der Waals surface area (Å²) in [5.41, 5.74) is 10.4. The van der Waals surface area contributed by atoms with Crippen molar-refractivity contribution >= 4 is 38.5 Å². The molecule has 0 amide bonds. The van der Waals surface area contributed by atoms with Crippen LogP contribution in [0.5, 0.6) is 0 Å². The number of fused-ring (bicyclic) bond motifs is 4. The summed E-state index contributed by atoms with van der Waals surface area (Å²) in [6.07, 6.45) is 7.83. The van der Waals surface area contributed by atoms with Crippen molar-refractivity contribution in [3.63, 3.8) is 0 Å². The first-order chi connectivity index (χ1) is 23.1. The minimum Gasteiger partial charge on any atom is -0.512 e. The van der Waals surface area contributed by atoms with E-state index < -0.39 is 0 Å². The second-order valence-electron chi connectivity index (χ2n) is 15.4. The molecule has 0 spiro atoms. The van der Waals surface area contributed by atoms with Crippen LogP contribution in [-0.2, 0) is 31.3 Å². The molecule has 0 bridgehead atoms. The molecular weight excluding hydrogens is 795 g/mol. The molecule has 0 unspecified atom stereocenters. The zero-order valence-corrected chi connectivity index (χ0v) is 34.8. The van der Waals surface area contributed by atoms with Crippen LogP contribution in [0.3, 0.4) is 0 Å². The number of rotatable bonds is 10. The summed E-state index contributed by atoms with van der Waals surface area (Å²) >= 11 is 0. The Morgan fingerprint density at radius 1 is 0.900 bits per heavy atom. The molecule has 2 heterocycles. The molecule has 5 rings (SSSR count). The van der Waals surface area contributed by atoms with E-state index in [2.05, 4.69) is 97.9 Å². The smallest absolute Gasteiger partial charge is 0.162 e. The van der Waals surface area contributed by atoms with Gasteiger partial charge < -0.3 is 9.52 Å². The van der Waals surface area contributed by atoms with Gasteiger partial charge in [-0.25, -0.2) is 0 Å². The Morgan fingerprint density at radius 2 is 1.52 bits per heavy atom. The summed E-state index contributed by atoms with van der Waals surface area (Å²) in [7, 11) is 0. The van der Waals surface area contributed by atoms with E-state index in [0.717, 1.165) is 70.7 Å². The number of aryl methyl sites for hydroxylation is 3. The molecule has 0 aliphatic heterocycles. The Bertz CT molecular complexity index is 1970. The van der Waals surface area contributed by atoms with Crippen molar-refractivity contribution in [1.29, 1.82) is 0 Å². The monoisotopic (exact) mass is 853 g/mol. The molecule has 0 aliphatic carbocycles. The largest absolute Gasteiger partial charge is 0.512 e. The van der Waals surface area contributed by atoms with E-state index in [-0.39, 0.29) is 48.9 Å². The van der Waals surface area contributed by atoms with Gasteiger partial charge in [-0.1, -0.05) is 103 Å². The first kappa shape index (κ1) is 41.2. The molecule has 0 saturated heterocycles. The first-order valence-electron chi connectivity index (χ1n) is 18.3. The molecule has 0 saturated carbocycles. The van der Waals surface area contributed by atoms with E-state index in [0.29, 0.717) is 5.92 Å². The molecule has 271 valence electrons. The van der Waals surface area contributed by atoms with Crippen LogP contribution in [-0.4, -0.2) is 15.9 Å². The molecule has 3 aromatic carbocycles. The van der Waals surface area contributed by atoms with Crippen LogP contribution in [0.15, 0.2) is 58.8 Å². The van der Waals surface area contributed by atoms with Crippen LogP contribution in [0.2, 0.25) is 0 Å². The van der Waals surface area contributed by atoms with E-state index in [9.17, 15) is 9.90 Å². The number of allylic oxidation sites excluding steroid dienone is 2. The van der Waals surface area contributed by atoms with Gasteiger partial charge in [-0.05, 0) is 81.4 Å². The van der Waals surface area contributed by atoms with Crippen molar-refractivity contribution in [2.24, 2.45) is 17.3 Å². The standard InChI is InChI=1S/C32H34NO.C13H24O2.Ir/c1-18(2)27-16-24(15-23-14-19(3)13-20(4)28(23)27)29-31-26(11-12-33-29)25-10-9-22(17-32(6,7)8)21(5)30(25)34-31;1-5-10(6-2)12(14)9-13(15)11(7-3)8-4;/h9-14,16,18H,17H2,1-8H3;9-11,14H,5-8H2,1-4H3;/q-1;;/b;12-9-;. The number of hydrogen-bond acceptors (Lipinski definition) is 4. The summed E-state index contributed by atoms with van der Waals surface area (Å²) < 4.78 is 6.60. The summed E-state index contributed by atoms with van der Waals surface area (Å²) in [4.78, 5) is 16.5. The van der Waals surface area contributed by atoms with E-state index >= 15 is 0 Å². The van der Waals surface area contributed by atoms with Crippen molar-refractivity contribution in [2.45, 2.75) is 121 Å². The van der Waals surface area contributed by atoms with E-state index in [1.165, 1.54) is 39.3 Å². The van der Waals surface area contributed by atoms with Crippen molar-refractivity contribution < 1.29 is 34.4 Å². The third-order valence-corrected chi connectivity index (χ3v) is 9.93. The first-order valence-corrected chi connectivity index (χ1v) is 18.3. The average Bonchev–Trinajstić information content (AvgIpc) is 3.42. The zero-order valence-electron chi connectivity index (χ0n) is 32.4. The van der Waals surface area contributed by atoms with Gasteiger partial charge in [-0.15, -0.1) is 29.1 Å². The molecule has 1 radical (unpaired) electrons. The van der Waals surface area contributed by atoms with Gasteiger partial charge in [-0.3, -0.25) is 9.78 Å². The number of pyridine rings is 1. The predicted molar refractivity (Wildman–Crippen MR) is 209 cm³/mol. The molecule has 0 atom stereocenters. The van der Waals surface area contributed by atoms with Crippen molar-refractivity contribution in [3.8, 4) is 11.3 Å². The number of aliphatic hydroxyl groups is 1. The Labute approximate surface area is 314 Å². The fourth-order valence-electron chi connectivity index (χ4n) is 7.12. The molecule has 4 nitrogen and oxygen atoms in total. The van der Waals surface area contributed by atoms with Crippen molar-refractivity contribution in [2.75, 3.05) is 0 Å². The Morgan fingerprint density at radius 3 is 2.10 bits per heavy atom. The van der Waals surface area contributed by atoms with Gasteiger partial charge in [0.2, 0.25) is 0 Å². The number of ketones is 1. The summed E-state index contributed by atoms with van der Waals surface area (Å²) in [5.74, 6) is 0.945. The van der Waals surface area contributed by atoms with Gasteiger partial charge >= 0.3 is 0 Å². The minimum absolute atomic E-state index is 0. The number of aromatic nitrogens is 1. The normalized spacial score (nSPS) is 12.3. The summed E-state index contributed by atoms with van der Waals surface area (Å²) in [5, 5.41) is 14.5. The van der Waals surface area contributed by atoms with E-state index in [1.54, 1.807) is 0 Å². The minimum atomic E-state index is 0. The SMILES string of the molecule is CCC(CC)C(=O)/C=C(\O)C(CC)CC.Cc1cc(C)c2c(C(C)C)cc(-c3nccc4c3oc3c(C)c(CC(C)(C)C)ccc34)[c-]c2c1.[Ir]. The quantitative estimate of drug-likeness (QED) is 0.0864. The fourth-order valence-corrected chi connectivity index (χ4v) is 7.12. The zero-order chi connectivity index (χ0) is 36.2. The third kappa shape index (κ3) is 9.14. The van der Waals surface area contributed by atoms with Gasteiger partial charge in [0.05, 0.1) is 5.76 Å². The maximum atomic E-state index is 11.7. The maximum absolute atomic E-state index is 11.7. The van der Waals surface area contributed by atoms with Crippen LogP contribution in [0.1, 0.15) is 122 Å². The van der Waals surface area contributed by atoms with E-state index in [1.807, 2.05) is 33.9 Å². The molecule has 0 aliphatic rings. The van der Waals surface area contributed by atoms with Gasteiger partial charge in [-0.2, -0.15) is 0 Å². The molecule has 50 heavy (non-hydrogen) atoms. The van der Waals surface area contributed by atoms with Gasteiger partial charge in [0.1, 0.15) is 11.2 Å².